The minimum Gasteiger partial charge on any atom is -0.399 e. The van der Waals surface area contributed by atoms with Crippen molar-refractivity contribution >= 4 is 21.3 Å². The number of aromatic nitrogens is 2. The van der Waals surface area contributed by atoms with Crippen LogP contribution in [0.15, 0.2) is 65.6 Å². The fraction of sp³-hybridized carbons (Fsp3) is 0.304. The number of ether oxygens (including phenoxy) is 1. The first-order chi connectivity index (χ1) is 15.0. The predicted molar refractivity (Wildman–Crippen MR) is 119 cm³/mol. The highest BCUT2D eigenvalue weighted by Gasteiger charge is 2.58. The molecule has 0 spiro atoms. The SMILES string of the molecule is Nc1ccc(-c2nc(N3CCOCC3)cc(C3(S(=O)(=O)c4ccccc4)CC3)n2)cc1. The van der Waals surface area contributed by atoms with Gasteiger partial charge < -0.3 is 15.4 Å². The summed E-state index contributed by atoms with van der Waals surface area (Å²) in [6, 6.07) is 17.8. The molecule has 1 aliphatic heterocycles. The maximum atomic E-state index is 13.6. The van der Waals surface area contributed by atoms with E-state index >= 15 is 0 Å². The average molecular weight is 437 g/mol. The molecule has 8 heteroatoms. The molecule has 2 N–H and O–H groups in total. The quantitative estimate of drug-likeness (QED) is 0.614. The van der Waals surface area contributed by atoms with Gasteiger partial charge in [-0.25, -0.2) is 18.4 Å². The largest absolute Gasteiger partial charge is 0.399 e. The Balaban J connectivity index is 1.64. The van der Waals surface area contributed by atoms with Crippen molar-refractivity contribution in [1.82, 2.24) is 9.97 Å². The molecule has 0 amide bonds. The first-order valence-corrected chi connectivity index (χ1v) is 11.9. The van der Waals surface area contributed by atoms with Crippen molar-refractivity contribution < 1.29 is 13.2 Å². The first-order valence-electron chi connectivity index (χ1n) is 10.4. The third kappa shape index (κ3) is 3.55. The molecule has 160 valence electrons. The molecule has 2 heterocycles. The number of nitrogens with zero attached hydrogens (tertiary/aromatic N) is 3. The molecule has 1 aromatic heterocycles. The standard InChI is InChI=1S/C23H24N4O3S/c24-18-8-6-17(7-9-18)22-25-20(16-21(26-22)27-12-14-30-15-13-27)23(10-11-23)31(28,29)19-4-2-1-3-5-19/h1-9,16H,10-15,24H2. The molecule has 2 aliphatic rings. The molecule has 0 unspecified atom stereocenters. The molecule has 7 nitrogen and oxygen atoms in total. The van der Waals surface area contributed by atoms with Crippen LogP contribution < -0.4 is 10.6 Å². The third-order valence-corrected chi connectivity index (χ3v) is 8.49. The molecule has 31 heavy (non-hydrogen) atoms. The second kappa shape index (κ2) is 7.62. The van der Waals surface area contributed by atoms with Gasteiger partial charge in [-0.2, -0.15) is 0 Å². The Bertz CT molecular complexity index is 1190. The van der Waals surface area contributed by atoms with Gasteiger partial charge >= 0.3 is 0 Å². The van der Waals surface area contributed by atoms with Crippen LogP contribution >= 0.6 is 0 Å². The van der Waals surface area contributed by atoms with Crippen molar-refractivity contribution in [2.24, 2.45) is 0 Å². The number of benzene rings is 2. The molecule has 2 aromatic carbocycles. The Hall–Kier alpha value is -2.97. The highest BCUT2D eigenvalue weighted by Crippen LogP contribution is 2.55. The van der Waals surface area contributed by atoms with Crippen LogP contribution in [-0.4, -0.2) is 44.7 Å². The van der Waals surface area contributed by atoms with Crippen molar-refractivity contribution in [2.75, 3.05) is 36.9 Å². The number of rotatable bonds is 5. The van der Waals surface area contributed by atoms with E-state index in [4.69, 9.17) is 20.4 Å². The highest BCUT2D eigenvalue weighted by atomic mass is 32.2. The smallest absolute Gasteiger partial charge is 0.189 e. The Morgan fingerprint density at radius 3 is 2.26 bits per heavy atom. The summed E-state index contributed by atoms with van der Waals surface area (Å²) in [5, 5.41) is 0. The van der Waals surface area contributed by atoms with E-state index in [0.717, 1.165) is 11.4 Å². The van der Waals surface area contributed by atoms with Gasteiger partial charge in [0.1, 0.15) is 10.6 Å². The highest BCUT2D eigenvalue weighted by molar-refractivity contribution is 7.92. The molecular weight excluding hydrogens is 412 g/mol. The van der Waals surface area contributed by atoms with Crippen LogP contribution in [-0.2, 0) is 19.3 Å². The number of sulfone groups is 1. The molecule has 0 bridgehead atoms. The van der Waals surface area contributed by atoms with Crippen LogP contribution in [0.3, 0.4) is 0 Å². The van der Waals surface area contributed by atoms with E-state index in [2.05, 4.69) is 4.90 Å². The van der Waals surface area contributed by atoms with Gasteiger partial charge in [0.15, 0.2) is 15.7 Å². The van der Waals surface area contributed by atoms with Gasteiger partial charge in [-0.15, -0.1) is 0 Å². The second-order valence-electron chi connectivity index (χ2n) is 7.97. The third-order valence-electron chi connectivity index (χ3n) is 5.96. The topological polar surface area (TPSA) is 98.4 Å². The first kappa shape index (κ1) is 20.0. The van der Waals surface area contributed by atoms with E-state index in [1.165, 1.54) is 0 Å². The second-order valence-corrected chi connectivity index (χ2v) is 10.2. The average Bonchev–Trinajstić information content (AvgIpc) is 3.63. The summed E-state index contributed by atoms with van der Waals surface area (Å²) in [6.45, 7) is 2.64. The molecule has 0 radical (unpaired) electrons. The van der Waals surface area contributed by atoms with E-state index < -0.39 is 14.6 Å². The van der Waals surface area contributed by atoms with Gasteiger partial charge in [0, 0.05) is 30.4 Å². The van der Waals surface area contributed by atoms with Gasteiger partial charge in [0.25, 0.3) is 0 Å². The van der Waals surface area contributed by atoms with Crippen LogP contribution in [0.25, 0.3) is 11.4 Å². The lowest BCUT2D eigenvalue weighted by molar-refractivity contribution is 0.122. The van der Waals surface area contributed by atoms with Crippen molar-refractivity contribution in [2.45, 2.75) is 22.5 Å². The summed E-state index contributed by atoms with van der Waals surface area (Å²) >= 11 is 0. The van der Waals surface area contributed by atoms with E-state index in [1.807, 2.05) is 24.3 Å². The van der Waals surface area contributed by atoms with E-state index in [-0.39, 0.29) is 0 Å². The van der Waals surface area contributed by atoms with Crippen molar-refractivity contribution in [1.29, 1.82) is 0 Å². The van der Waals surface area contributed by atoms with Gasteiger partial charge in [-0.3, -0.25) is 0 Å². The number of nitrogen functional groups attached to an aromatic ring is 1. The molecular formula is C23H24N4O3S. The summed E-state index contributed by atoms with van der Waals surface area (Å²) in [6.07, 6.45) is 1.09. The van der Waals surface area contributed by atoms with Gasteiger partial charge in [-0.1, -0.05) is 18.2 Å². The van der Waals surface area contributed by atoms with Crippen molar-refractivity contribution in [3.05, 3.63) is 66.4 Å². The normalized spacial score (nSPS) is 18.0. The zero-order valence-electron chi connectivity index (χ0n) is 17.1. The lowest BCUT2D eigenvalue weighted by Crippen LogP contribution is -2.37. The number of morpholine rings is 1. The van der Waals surface area contributed by atoms with E-state index in [1.54, 1.807) is 36.4 Å². The Kier molecular flexibility index (Phi) is 4.91. The molecule has 0 atom stereocenters. The number of hydrogen-bond donors (Lipinski definition) is 1. The lowest BCUT2D eigenvalue weighted by atomic mass is 10.1. The van der Waals surface area contributed by atoms with Crippen molar-refractivity contribution in [3.8, 4) is 11.4 Å². The fourth-order valence-electron chi connectivity index (χ4n) is 3.98. The molecule has 1 aliphatic carbocycles. The molecule has 1 saturated heterocycles. The molecule has 2 fully saturated rings. The maximum Gasteiger partial charge on any atom is 0.189 e. The maximum absolute atomic E-state index is 13.6. The van der Waals surface area contributed by atoms with Gasteiger partial charge in [0.05, 0.1) is 23.8 Å². The minimum atomic E-state index is -3.59. The summed E-state index contributed by atoms with van der Waals surface area (Å²) < 4.78 is 31.6. The number of nitrogens with two attached hydrogens (primary N) is 1. The van der Waals surface area contributed by atoms with Crippen LogP contribution in [0.5, 0.6) is 0 Å². The monoisotopic (exact) mass is 436 g/mol. The van der Waals surface area contributed by atoms with Gasteiger partial charge in [-0.05, 0) is 49.2 Å². The number of anilines is 2. The van der Waals surface area contributed by atoms with E-state index in [9.17, 15) is 8.42 Å². The van der Waals surface area contributed by atoms with Crippen LogP contribution in [0.1, 0.15) is 18.5 Å². The zero-order valence-corrected chi connectivity index (χ0v) is 17.9. The Labute approximate surface area is 181 Å². The Morgan fingerprint density at radius 1 is 0.935 bits per heavy atom. The fourth-order valence-corrected chi connectivity index (χ4v) is 5.97. The van der Waals surface area contributed by atoms with Crippen LogP contribution in [0.4, 0.5) is 11.5 Å². The van der Waals surface area contributed by atoms with Crippen LogP contribution in [0.2, 0.25) is 0 Å². The number of hydrogen-bond acceptors (Lipinski definition) is 7. The van der Waals surface area contributed by atoms with Crippen molar-refractivity contribution in [3.63, 3.8) is 0 Å². The summed E-state index contributed by atoms with van der Waals surface area (Å²) in [5.74, 6) is 1.24. The molecule has 3 aromatic rings. The van der Waals surface area contributed by atoms with Gasteiger partial charge in [0.2, 0.25) is 0 Å². The summed E-state index contributed by atoms with van der Waals surface area (Å²) in [7, 11) is -3.59. The lowest BCUT2D eigenvalue weighted by Gasteiger charge is -2.29. The van der Waals surface area contributed by atoms with Crippen LogP contribution in [0, 0.1) is 0 Å². The predicted octanol–water partition coefficient (Wildman–Crippen LogP) is 3.03. The summed E-state index contributed by atoms with van der Waals surface area (Å²) in [5.41, 5.74) is 7.85. The Morgan fingerprint density at radius 2 is 1.61 bits per heavy atom. The molecule has 1 saturated carbocycles. The minimum absolute atomic E-state index is 0.327. The van der Waals surface area contributed by atoms with E-state index in [0.29, 0.717) is 61.2 Å². The zero-order chi connectivity index (χ0) is 21.5. The summed E-state index contributed by atoms with van der Waals surface area (Å²) in [4.78, 5) is 12.0. The molecule has 5 rings (SSSR count).